The van der Waals surface area contributed by atoms with E-state index in [1.807, 2.05) is 0 Å². The summed E-state index contributed by atoms with van der Waals surface area (Å²) in [4.78, 5) is 11.7. The smallest absolute Gasteiger partial charge is 0.291 e. The second kappa shape index (κ2) is 6.17. The van der Waals surface area contributed by atoms with Crippen LogP contribution < -0.4 is 0 Å². The Hall–Kier alpha value is -1.69. The predicted molar refractivity (Wildman–Crippen MR) is 75.4 cm³/mol. The van der Waals surface area contributed by atoms with Crippen LogP contribution in [0.2, 0.25) is 5.02 Å². The lowest BCUT2D eigenvalue weighted by molar-refractivity contribution is 0.0924. The van der Waals surface area contributed by atoms with Crippen LogP contribution in [0, 0.1) is 0 Å². The first-order chi connectivity index (χ1) is 9.49. The summed E-state index contributed by atoms with van der Waals surface area (Å²) < 4.78 is 28.5. The zero-order valence-corrected chi connectivity index (χ0v) is 11.9. The van der Waals surface area contributed by atoms with E-state index >= 15 is 0 Å². The summed E-state index contributed by atoms with van der Waals surface area (Å²) >= 11 is 5.68. The maximum atomic E-state index is 11.9. The van der Waals surface area contributed by atoms with E-state index in [2.05, 4.69) is 0 Å². The van der Waals surface area contributed by atoms with Gasteiger partial charge in [0.1, 0.15) is 6.61 Å². The quantitative estimate of drug-likeness (QED) is 0.629. The Morgan fingerprint density at radius 1 is 1.00 bits per heavy atom. The molecule has 0 unspecified atom stereocenters. The average molecular weight is 311 g/mol. The van der Waals surface area contributed by atoms with Gasteiger partial charge in [0.15, 0.2) is 5.78 Å². The van der Waals surface area contributed by atoms with Gasteiger partial charge < -0.3 is 0 Å². The second-order valence-corrected chi connectivity index (χ2v) is 6.01. The third kappa shape index (κ3) is 3.66. The summed E-state index contributed by atoms with van der Waals surface area (Å²) in [7, 11) is -3.96. The van der Waals surface area contributed by atoms with Gasteiger partial charge >= 0.3 is 0 Å². The van der Waals surface area contributed by atoms with Crippen molar-refractivity contribution in [2.45, 2.75) is 4.90 Å². The number of hydrogen-bond donors (Lipinski definition) is 0. The van der Waals surface area contributed by atoms with Gasteiger partial charge in [-0.2, -0.15) is 8.42 Å². The molecule has 0 radical (unpaired) electrons. The van der Waals surface area contributed by atoms with E-state index in [0.717, 1.165) is 0 Å². The standard InChI is InChI=1S/C14H11ClO4S/c15-12-6-8-13(9-7-12)20(17,18)19-10-14(16)11-4-2-1-3-5-11/h1-9H,10H2. The van der Waals surface area contributed by atoms with Gasteiger partial charge in [0.05, 0.1) is 4.90 Å². The van der Waals surface area contributed by atoms with Crippen molar-refractivity contribution in [3.63, 3.8) is 0 Å². The van der Waals surface area contributed by atoms with Gasteiger partial charge in [-0.1, -0.05) is 41.9 Å². The van der Waals surface area contributed by atoms with Crippen molar-refractivity contribution >= 4 is 27.5 Å². The Kier molecular flexibility index (Phi) is 4.54. The van der Waals surface area contributed by atoms with Crippen LogP contribution in [0.1, 0.15) is 10.4 Å². The highest BCUT2D eigenvalue weighted by Gasteiger charge is 2.17. The van der Waals surface area contributed by atoms with Crippen molar-refractivity contribution < 1.29 is 17.4 Å². The second-order valence-electron chi connectivity index (χ2n) is 3.96. The van der Waals surface area contributed by atoms with E-state index in [1.54, 1.807) is 30.3 Å². The first-order valence-corrected chi connectivity index (χ1v) is 7.51. The molecule has 6 heteroatoms. The van der Waals surface area contributed by atoms with E-state index < -0.39 is 22.5 Å². The molecule has 0 aliphatic carbocycles. The highest BCUT2D eigenvalue weighted by molar-refractivity contribution is 7.86. The molecule has 0 aliphatic heterocycles. The van der Waals surface area contributed by atoms with Crippen molar-refractivity contribution in [1.29, 1.82) is 0 Å². The van der Waals surface area contributed by atoms with Crippen LogP contribution in [0.3, 0.4) is 0 Å². The number of halogens is 1. The number of rotatable bonds is 5. The van der Waals surface area contributed by atoms with Crippen LogP contribution in [0.5, 0.6) is 0 Å². The Bertz CT molecular complexity index is 694. The highest BCUT2D eigenvalue weighted by atomic mass is 35.5. The monoisotopic (exact) mass is 310 g/mol. The molecule has 0 bridgehead atoms. The topological polar surface area (TPSA) is 60.4 Å². The Morgan fingerprint density at radius 2 is 1.60 bits per heavy atom. The van der Waals surface area contributed by atoms with Gasteiger partial charge in [-0.25, -0.2) is 0 Å². The van der Waals surface area contributed by atoms with Gasteiger partial charge in [0.25, 0.3) is 10.1 Å². The van der Waals surface area contributed by atoms with Crippen molar-refractivity contribution in [3.8, 4) is 0 Å². The minimum Gasteiger partial charge on any atom is -0.291 e. The Morgan fingerprint density at radius 3 is 2.20 bits per heavy atom. The van der Waals surface area contributed by atoms with E-state index in [0.29, 0.717) is 10.6 Å². The summed E-state index contributed by atoms with van der Waals surface area (Å²) in [6.45, 7) is -0.533. The molecule has 0 N–H and O–H groups in total. The molecule has 0 aliphatic rings. The van der Waals surface area contributed by atoms with Crippen LogP contribution in [0.4, 0.5) is 0 Å². The van der Waals surface area contributed by atoms with Crippen molar-refractivity contribution in [3.05, 3.63) is 65.2 Å². The van der Waals surface area contributed by atoms with Crippen LogP contribution in [0.15, 0.2) is 59.5 Å². The molecule has 4 nitrogen and oxygen atoms in total. The molecule has 104 valence electrons. The number of benzene rings is 2. The molecule has 0 aromatic heterocycles. The van der Waals surface area contributed by atoms with Crippen LogP contribution in [-0.2, 0) is 14.3 Å². The maximum absolute atomic E-state index is 11.9. The number of carbonyl (C=O) groups excluding carboxylic acids is 1. The minimum atomic E-state index is -3.96. The van der Waals surface area contributed by atoms with E-state index in [9.17, 15) is 13.2 Å². The Balaban J connectivity index is 2.06. The molecule has 2 aromatic rings. The molecule has 0 fully saturated rings. The van der Waals surface area contributed by atoms with Crippen LogP contribution in [-0.4, -0.2) is 20.8 Å². The lowest BCUT2D eigenvalue weighted by Crippen LogP contribution is -2.14. The molecule has 0 spiro atoms. The van der Waals surface area contributed by atoms with E-state index in [-0.39, 0.29) is 4.90 Å². The van der Waals surface area contributed by atoms with Crippen LogP contribution >= 0.6 is 11.6 Å². The lowest BCUT2D eigenvalue weighted by Gasteiger charge is -2.05. The summed E-state index contributed by atoms with van der Waals surface area (Å²) in [5.41, 5.74) is 0.402. The largest absolute Gasteiger partial charge is 0.297 e. The van der Waals surface area contributed by atoms with Crippen LogP contribution in [0.25, 0.3) is 0 Å². The third-order valence-corrected chi connectivity index (χ3v) is 4.07. The first kappa shape index (κ1) is 14.7. The molecule has 0 saturated carbocycles. The van der Waals surface area contributed by atoms with E-state index in [4.69, 9.17) is 15.8 Å². The molecule has 0 saturated heterocycles. The average Bonchev–Trinajstić information content (AvgIpc) is 2.46. The zero-order valence-electron chi connectivity index (χ0n) is 10.3. The fourth-order valence-corrected chi connectivity index (χ4v) is 2.50. The minimum absolute atomic E-state index is 0.0391. The maximum Gasteiger partial charge on any atom is 0.297 e. The molecular formula is C14H11ClO4S. The summed E-state index contributed by atoms with van der Waals surface area (Å²) in [6, 6.07) is 13.9. The van der Waals surface area contributed by atoms with Gasteiger partial charge in [-0.15, -0.1) is 0 Å². The summed E-state index contributed by atoms with van der Waals surface area (Å²) in [5, 5.41) is 0.421. The normalized spacial score (nSPS) is 11.2. The fourth-order valence-electron chi connectivity index (χ4n) is 1.51. The molecule has 2 rings (SSSR count). The molecule has 0 atom stereocenters. The Labute approximate surface area is 122 Å². The van der Waals surface area contributed by atoms with Gasteiger partial charge in [0.2, 0.25) is 0 Å². The number of hydrogen-bond acceptors (Lipinski definition) is 4. The van der Waals surface area contributed by atoms with Gasteiger partial charge in [0, 0.05) is 10.6 Å². The van der Waals surface area contributed by atoms with Gasteiger partial charge in [-0.3, -0.25) is 8.98 Å². The van der Waals surface area contributed by atoms with Crippen molar-refractivity contribution in [1.82, 2.24) is 0 Å². The summed E-state index contributed by atoms with van der Waals surface area (Å²) in [6.07, 6.45) is 0. The van der Waals surface area contributed by atoms with Crippen molar-refractivity contribution in [2.75, 3.05) is 6.61 Å². The summed E-state index contributed by atoms with van der Waals surface area (Å²) in [5.74, 6) is -0.400. The zero-order chi connectivity index (χ0) is 14.6. The van der Waals surface area contributed by atoms with Crippen molar-refractivity contribution in [2.24, 2.45) is 0 Å². The number of ketones is 1. The molecule has 20 heavy (non-hydrogen) atoms. The molecule has 0 amide bonds. The SMILES string of the molecule is O=C(COS(=O)(=O)c1ccc(Cl)cc1)c1ccccc1. The number of carbonyl (C=O) groups is 1. The van der Waals surface area contributed by atoms with E-state index in [1.165, 1.54) is 24.3 Å². The third-order valence-electron chi connectivity index (χ3n) is 2.54. The van der Waals surface area contributed by atoms with Gasteiger partial charge in [-0.05, 0) is 24.3 Å². The predicted octanol–water partition coefficient (Wildman–Crippen LogP) is 2.93. The fraction of sp³-hybridized carbons (Fsp3) is 0.0714. The molecule has 0 heterocycles. The highest BCUT2D eigenvalue weighted by Crippen LogP contribution is 2.16. The number of Topliss-reactive ketones (excluding diaryl/α,β-unsaturated/α-hetero) is 1. The molecule has 2 aromatic carbocycles. The lowest BCUT2D eigenvalue weighted by atomic mass is 10.1. The first-order valence-electron chi connectivity index (χ1n) is 5.72. The molecular weight excluding hydrogens is 300 g/mol.